The number of phenolic OH excluding ortho intramolecular Hbond substituents is 1. The molecule has 1 rings (SSSR count). The predicted molar refractivity (Wildman–Crippen MR) is 71.3 cm³/mol. The van der Waals surface area contributed by atoms with E-state index >= 15 is 0 Å². The zero-order valence-electron chi connectivity index (χ0n) is 10.9. The minimum atomic E-state index is -1.89. The van der Waals surface area contributed by atoms with Crippen LogP contribution in [0, 0.1) is 0 Å². The maximum Gasteiger partial charge on any atom is 0.306 e. The van der Waals surface area contributed by atoms with E-state index in [9.17, 15) is 9.90 Å². The molecule has 3 nitrogen and oxygen atoms in total. The summed E-state index contributed by atoms with van der Waals surface area (Å²) in [6.07, 6.45) is 0. The van der Waals surface area contributed by atoms with Gasteiger partial charge < -0.3 is 9.84 Å². The molecule has 1 aromatic carbocycles. The van der Waals surface area contributed by atoms with E-state index < -0.39 is 8.07 Å². The number of esters is 1. The Bertz CT molecular complexity index is 384. The van der Waals surface area contributed by atoms with E-state index in [1.54, 1.807) is 12.1 Å². The standard InChI is InChI=1S/C13H20O3Si/c1-5-16-13(15)10(2)17(3,4)12-8-6-11(14)7-9-12/h6-10,14H,5H2,1-4H3/t10-/m0/s1. The summed E-state index contributed by atoms with van der Waals surface area (Å²) in [4.78, 5) is 11.8. The van der Waals surface area contributed by atoms with Crippen molar-refractivity contribution < 1.29 is 14.6 Å². The van der Waals surface area contributed by atoms with Crippen LogP contribution in [0.15, 0.2) is 24.3 Å². The second-order valence-electron chi connectivity index (χ2n) is 4.74. The highest BCUT2D eigenvalue weighted by atomic mass is 28.3. The number of aromatic hydroxyl groups is 1. The van der Waals surface area contributed by atoms with Crippen LogP contribution in [-0.2, 0) is 9.53 Å². The number of hydrogen-bond acceptors (Lipinski definition) is 3. The van der Waals surface area contributed by atoms with Gasteiger partial charge in [-0.3, -0.25) is 4.79 Å². The van der Waals surface area contributed by atoms with Crippen molar-refractivity contribution in [2.45, 2.75) is 32.5 Å². The van der Waals surface area contributed by atoms with Crippen LogP contribution in [0.2, 0.25) is 18.6 Å². The molecule has 1 atom stereocenters. The molecule has 0 radical (unpaired) electrons. The Morgan fingerprint density at radius 2 is 1.88 bits per heavy atom. The molecule has 0 bridgehead atoms. The second kappa shape index (κ2) is 5.36. The molecule has 4 heteroatoms. The number of benzene rings is 1. The quantitative estimate of drug-likeness (QED) is 0.660. The molecule has 0 unspecified atom stereocenters. The van der Waals surface area contributed by atoms with Crippen molar-refractivity contribution in [2.75, 3.05) is 6.61 Å². The van der Waals surface area contributed by atoms with E-state index in [4.69, 9.17) is 4.74 Å². The smallest absolute Gasteiger partial charge is 0.306 e. The van der Waals surface area contributed by atoms with Crippen molar-refractivity contribution in [3.63, 3.8) is 0 Å². The van der Waals surface area contributed by atoms with E-state index in [0.29, 0.717) is 6.61 Å². The summed E-state index contributed by atoms with van der Waals surface area (Å²) in [6, 6.07) is 7.14. The highest BCUT2D eigenvalue weighted by Crippen LogP contribution is 2.23. The average molecular weight is 252 g/mol. The van der Waals surface area contributed by atoms with Crippen LogP contribution in [0.25, 0.3) is 0 Å². The van der Waals surface area contributed by atoms with Crippen LogP contribution in [0.3, 0.4) is 0 Å². The number of rotatable bonds is 4. The highest BCUT2D eigenvalue weighted by Gasteiger charge is 2.36. The van der Waals surface area contributed by atoms with E-state index in [1.165, 1.54) is 0 Å². The Kier molecular flexibility index (Phi) is 4.34. The molecule has 0 fully saturated rings. The van der Waals surface area contributed by atoms with Crippen molar-refractivity contribution in [2.24, 2.45) is 0 Å². The number of phenols is 1. The predicted octanol–water partition coefficient (Wildman–Crippen LogP) is 2.26. The van der Waals surface area contributed by atoms with E-state index in [2.05, 4.69) is 13.1 Å². The zero-order chi connectivity index (χ0) is 13.1. The Hall–Kier alpha value is -1.29. The SMILES string of the molecule is CCOC(=O)[C@H](C)[Si](C)(C)c1ccc(O)cc1. The van der Waals surface area contributed by atoms with Gasteiger partial charge in [0.05, 0.1) is 20.2 Å². The average Bonchev–Trinajstić information content (AvgIpc) is 2.29. The first kappa shape index (κ1) is 13.8. The molecular formula is C13H20O3Si. The van der Waals surface area contributed by atoms with Crippen molar-refractivity contribution in [3.05, 3.63) is 24.3 Å². The number of hydrogen-bond donors (Lipinski definition) is 1. The number of carbonyl (C=O) groups excluding carboxylic acids is 1. The van der Waals surface area contributed by atoms with Crippen molar-refractivity contribution >= 4 is 19.2 Å². The summed E-state index contributed by atoms with van der Waals surface area (Å²) < 4.78 is 5.08. The summed E-state index contributed by atoms with van der Waals surface area (Å²) in [5.41, 5.74) is -0.0907. The molecule has 94 valence electrons. The fourth-order valence-electron chi connectivity index (χ4n) is 1.70. The van der Waals surface area contributed by atoms with Gasteiger partial charge in [0.2, 0.25) is 0 Å². The molecule has 0 amide bonds. The van der Waals surface area contributed by atoms with Gasteiger partial charge in [-0.1, -0.05) is 37.3 Å². The molecule has 0 saturated heterocycles. The van der Waals surface area contributed by atoms with E-state index in [0.717, 1.165) is 5.19 Å². The fraction of sp³-hybridized carbons (Fsp3) is 0.462. The van der Waals surface area contributed by atoms with Gasteiger partial charge in [0, 0.05) is 0 Å². The summed E-state index contributed by atoms with van der Waals surface area (Å²) in [5.74, 6) is 0.125. The molecule has 0 aliphatic carbocycles. The second-order valence-corrected chi connectivity index (χ2v) is 9.63. The van der Waals surface area contributed by atoms with Crippen LogP contribution < -0.4 is 5.19 Å². The third kappa shape index (κ3) is 3.09. The van der Waals surface area contributed by atoms with Crippen molar-refractivity contribution in [1.82, 2.24) is 0 Å². The van der Waals surface area contributed by atoms with Gasteiger partial charge >= 0.3 is 5.97 Å². The molecular weight excluding hydrogens is 232 g/mol. The molecule has 0 aliphatic heterocycles. The topological polar surface area (TPSA) is 46.5 Å². The Labute approximate surface area is 103 Å². The molecule has 0 aliphatic rings. The summed E-state index contributed by atoms with van der Waals surface area (Å²) in [6.45, 7) is 8.45. The summed E-state index contributed by atoms with van der Waals surface area (Å²) in [5, 5.41) is 10.4. The lowest BCUT2D eigenvalue weighted by Crippen LogP contribution is -2.48. The first-order valence-electron chi connectivity index (χ1n) is 5.85. The third-order valence-corrected chi connectivity index (χ3v) is 7.56. The minimum absolute atomic E-state index is 0.0907. The zero-order valence-corrected chi connectivity index (χ0v) is 11.9. The van der Waals surface area contributed by atoms with Gasteiger partial charge in [-0.15, -0.1) is 0 Å². The minimum Gasteiger partial charge on any atom is -0.508 e. The van der Waals surface area contributed by atoms with E-state index in [-0.39, 0.29) is 17.3 Å². The van der Waals surface area contributed by atoms with Gasteiger partial charge in [0.1, 0.15) is 5.75 Å². The largest absolute Gasteiger partial charge is 0.508 e. The molecule has 17 heavy (non-hydrogen) atoms. The summed E-state index contributed by atoms with van der Waals surface area (Å²) in [7, 11) is -1.89. The van der Waals surface area contributed by atoms with Gasteiger partial charge in [0.25, 0.3) is 0 Å². The van der Waals surface area contributed by atoms with Gasteiger partial charge in [0.15, 0.2) is 0 Å². The highest BCUT2D eigenvalue weighted by molar-refractivity contribution is 6.93. The number of ether oxygens (including phenoxy) is 1. The van der Waals surface area contributed by atoms with Crippen molar-refractivity contribution in [1.29, 1.82) is 0 Å². The lowest BCUT2D eigenvalue weighted by Gasteiger charge is -2.28. The summed E-state index contributed by atoms with van der Waals surface area (Å²) >= 11 is 0. The molecule has 0 aromatic heterocycles. The Morgan fingerprint density at radius 3 is 2.35 bits per heavy atom. The van der Waals surface area contributed by atoms with Crippen LogP contribution >= 0.6 is 0 Å². The molecule has 1 N–H and O–H groups in total. The lowest BCUT2D eigenvalue weighted by molar-refractivity contribution is -0.142. The van der Waals surface area contributed by atoms with Crippen molar-refractivity contribution in [3.8, 4) is 5.75 Å². The third-order valence-electron chi connectivity index (χ3n) is 3.33. The van der Waals surface area contributed by atoms with Crippen LogP contribution in [-0.4, -0.2) is 25.8 Å². The first-order valence-corrected chi connectivity index (χ1v) is 8.93. The maximum absolute atomic E-state index is 11.8. The first-order chi connectivity index (χ1) is 7.89. The van der Waals surface area contributed by atoms with Gasteiger partial charge in [-0.2, -0.15) is 0 Å². The molecule has 1 aromatic rings. The van der Waals surface area contributed by atoms with Crippen LogP contribution in [0.4, 0.5) is 0 Å². The van der Waals surface area contributed by atoms with Crippen LogP contribution in [0.5, 0.6) is 5.75 Å². The monoisotopic (exact) mass is 252 g/mol. The van der Waals surface area contributed by atoms with E-state index in [1.807, 2.05) is 26.0 Å². The fourth-order valence-corrected chi connectivity index (χ4v) is 3.90. The van der Waals surface area contributed by atoms with Crippen LogP contribution in [0.1, 0.15) is 13.8 Å². The normalized spacial score (nSPS) is 13.2. The Morgan fingerprint density at radius 1 is 1.35 bits per heavy atom. The Balaban J connectivity index is 2.93. The number of carbonyl (C=O) groups is 1. The molecule has 0 spiro atoms. The van der Waals surface area contributed by atoms with Gasteiger partial charge in [-0.25, -0.2) is 0 Å². The van der Waals surface area contributed by atoms with Gasteiger partial charge in [-0.05, 0) is 19.1 Å². The molecule has 0 saturated carbocycles. The maximum atomic E-state index is 11.8. The lowest BCUT2D eigenvalue weighted by atomic mass is 10.3. The molecule has 0 heterocycles.